The molecule has 1 aromatic rings. The Morgan fingerprint density at radius 1 is 1.29 bits per heavy atom. The van der Waals surface area contributed by atoms with Crippen LogP contribution >= 0.6 is 0 Å². The Morgan fingerprint density at radius 2 is 2.05 bits per heavy atom. The molecule has 1 aliphatic carbocycles. The SMILES string of the molecule is CCC1CCC(NC(=O)[C@H]2Cc3ccccc3CN2)C1C. The first kappa shape index (κ1) is 14.6. The van der Waals surface area contributed by atoms with Gasteiger partial charge in [0.15, 0.2) is 0 Å². The van der Waals surface area contributed by atoms with Crippen molar-refractivity contribution in [3.8, 4) is 0 Å². The minimum absolute atomic E-state index is 0.0761. The molecule has 1 saturated carbocycles. The van der Waals surface area contributed by atoms with Crippen molar-refractivity contribution in [1.82, 2.24) is 10.6 Å². The molecule has 2 aliphatic rings. The van der Waals surface area contributed by atoms with Gasteiger partial charge in [-0.25, -0.2) is 0 Å². The lowest BCUT2D eigenvalue weighted by Crippen LogP contribution is -2.51. The quantitative estimate of drug-likeness (QED) is 0.897. The monoisotopic (exact) mass is 286 g/mol. The third-order valence-electron chi connectivity index (χ3n) is 5.48. The van der Waals surface area contributed by atoms with Crippen LogP contribution in [0.15, 0.2) is 24.3 Å². The number of hydrogen-bond donors (Lipinski definition) is 2. The highest BCUT2D eigenvalue weighted by Crippen LogP contribution is 2.34. The van der Waals surface area contributed by atoms with Gasteiger partial charge in [0.05, 0.1) is 6.04 Å². The highest BCUT2D eigenvalue weighted by atomic mass is 16.2. The van der Waals surface area contributed by atoms with Crippen molar-refractivity contribution >= 4 is 5.91 Å². The number of carbonyl (C=O) groups is 1. The van der Waals surface area contributed by atoms with Crippen LogP contribution < -0.4 is 10.6 Å². The molecule has 3 unspecified atom stereocenters. The van der Waals surface area contributed by atoms with Gasteiger partial charge in [-0.05, 0) is 42.2 Å². The van der Waals surface area contributed by atoms with Gasteiger partial charge < -0.3 is 10.6 Å². The molecular formula is C18H26N2O. The van der Waals surface area contributed by atoms with Crippen LogP contribution in [0.25, 0.3) is 0 Å². The van der Waals surface area contributed by atoms with E-state index in [1.54, 1.807) is 0 Å². The van der Waals surface area contributed by atoms with Crippen LogP contribution in [0.2, 0.25) is 0 Å². The second-order valence-corrected chi connectivity index (χ2v) is 6.63. The summed E-state index contributed by atoms with van der Waals surface area (Å²) in [6.07, 6.45) is 4.42. The maximum atomic E-state index is 12.5. The number of benzene rings is 1. The smallest absolute Gasteiger partial charge is 0.237 e. The lowest BCUT2D eigenvalue weighted by atomic mass is 9.92. The maximum Gasteiger partial charge on any atom is 0.237 e. The summed E-state index contributed by atoms with van der Waals surface area (Å²) in [5.74, 6) is 1.56. The van der Waals surface area contributed by atoms with E-state index in [1.165, 1.54) is 24.0 Å². The van der Waals surface area contributed by atoms with Gasteiger partial charge in [-0.2, -0.15) is 0 Å². The number of fused-ring (bicyclic) bond motifs is 1. The maximum absolute atomic E-state index is 12.5. The molecule has 1 amide bonds. The molecule has 0 bridgehead atoms. The van der Waals surface area contributed by atoms with E-state index in [1.807, 2.05) is 0 Å². The molecule has 21 heavy (non-hydrogen) atoms. The van der Waals surface area contributed by atoms with E-state index in [9.17, 15) is 4.79 Å². The molecule has 4 atom stereocenters. The summed E-state index contributed by atoms with van der Waals surface area (Å²) >= 11 is 0. The van der Waals surface area contributed by atoms with Crippen LogP contribution in [0.1, 0.15) is 44.2 Å². The molecule has 1 fully saturated rings. The molecule has 114 valence electrons. The highest BCUT2D eigenvalue weighted by molar-refractivity contribution is 5.82. The zero-order valence-corrected chi connectivity index (χ0v) is 13.1. The molecule has 1 heterocycles. The summed E-state index contributed by atoms with van der Waals surface area (Å²) in [7, 11) is 0. The van der Waals surface area contributed by atoms with Crippen LogP contribution in [0.4, 0.5) is 0 Å². The third-order valence-corrected chi connectivity index (χ3v) is 5.48. The average molecular weight is 286 g/mol. The predicted octanol–water partition coefficient (Wildman–Crippen LogP) is 2.64. The summed E-state index contributed by atoms with van der Waals surface area (Å²) < 4.78 is 0. The van der Waals surface area contributed by atoms with Crippen LogP contribution in [0, 0.1) is 11.8 Å². The minimum atomic E-state index is -0.0761. The summed E-state index contributed by atoms with van der Waals surface area (Å²) in [6, 6.07) is 8.69. The highest BCUT2D eigenvalue weighted by Gasteiger charge is 2.34. The molecular weight excluding hydrogens is 260 g/mol. The van der Waals surface area contributed by atoms with Gasteiger partial charge in [0, 0.05) is 12.6 Å². The average Bonchev–Trinajstić information content (AvgIpc) is 2.87. The largest absolute Gasteiger partial charge is 0.352 e. The molecule has 1 aliphatic heterocycles. The molecule has 1 aromatic carbocycles. The Kier molecular flexibility index (Phi) is 4.29. The van der Waals surface area contributed by atoms with Crippen LogP contribution in [-0.2, 0) is 17.8 Å². The van der Waals surface area contributed by atoms with Gasteiger partial charge in [-0.3, -0.25) is 4.79 Å². The van der Waals surface area contributed by atoms with E-state index < -0.39 is 0 Å². The van der Waals surface area contributed by atoms with E-state index in [0.717, 1.165) is 25.3 Å². The van der Waals surface area contributed by atoms with E-state index >= 15 is 0 Å². The molecule has 2 N–H and O–H groups in total. The second kappa shape index (κ2) is 6.18. The minimum Gasteiger partial charge on any atom is -0.352 e. The van der Waals surface area contributed by atoms with Crippen molar-refractivity contribution in [2.75, 3.05) is 0 Å². The number of amides is 1. The molecule has 0 aromatic heterocycles. The number of hydrogen-bond acceptors (Lipinski definition) is 2. The first-order valence-corrected chi connectivity index (χ1v) is 8.29. The summed E-state index contributed by atoms with van der Waals surface area (Å²) in [5, 5.41) is 6.67. The van der Waals surface area contributed by atoms with Gasteiger partial charge in [-0.1, -0.05) is 44.5 Å². The van der Waals surface area contributed by atoms with Gasteiger partial charge >= 0.3 is 0 Å². The Labute approximate surface area is 127 Å². The van der Waals surface area contributed by atoms with Crippen molar-refractivity contribution in [2.45, 2.75) is 58.2 Å². The zero-order chi connectivity index (χ0) is 14.8. The fourth-order valence-corrected chi connectivity index (χ4v) is 3.95. The van der Waals surface area contributed by atoms with Crippen LogP contribution in [-0.4, -0.2) is 18.0 Å². The van der Waals surface area contributed by atoms with E-state index in [4.69, 9.17) is 0 Å². The molecule has 0 radical (unpaired) electrons. The van der Waals surface area contributed by atoms with Crippen molar-refractivity contribution in [2.24, 2.45) is 11.8 Å². The summed E-state index contributed by atoms with van der Waals surface area (Å²) in [6.45, 7) is 5.34. The number of nitrogens with one attached hydrogen (secondary N) is 2. The Balaban J connectivity index is 1.60. The van der Waals surface area contributed by atoms with Crippen LogP contribution in [0.3, 0.4) is 0 Å². The van der Waals surface area contributed by atoms with Gasteiger partial charge in [0.25, 0.3) is 0 Å². The molecule has 0 spiro atoms. The van der Waals surface area contributed by atoms with E-state index in [2.05, 4.69) is 48.7 Å². The second-order valence-electron chi connectivity index (χ2n) is 6.63. The van der Waals surface area contributed by atoms with Gasteiger partial charge in [0.2, 0.25) is 5.91 Å². The number of carbonyl (C=O) groups excluding carboxylic acids is 1. The summed E-state index contributed by atoms with van der Waals surface area (Å²) in [5.41, 5.74) is 2.63. The molecule has 3 rings (SSSR count). The van der Waals surface area contributed by atoms with E-state index in [-0.39, 0.29) is 11.9 Å². The van der Waals surface area contributed by atoms with Gasteiger partial charge in [-0.15, -0.1) is 0 Å². The van der Waals surface area contributed by atoms with Crippen molar-refractivity contribution in [3.05, 3.63) is 35.4 Å². The normalized spacial score (nSPS) is 31.7. The Morgan fingerprint density at radius 3 is 2.76 bits per heavy atom. The first-order valence-electron chi connectivity index (χ1n) is 8.29. The molecule has 0 saturated heterocycles. The topological polar surface area (TPSA) is 41.1 Å². The fourth-order valence-electron chi connectivity index (χ4n) is 3.95. The van der Waals surface area contributed by atoms with Crippen molar-refractivity contribution < 1.29 is 4.79 Å². The van der Waals surface area contributed by atoms with E-state index in [0.29, 0.717) is 12.0 Å². The van der Waals surface area contributed by atoms with Crippen molar-refractivity contribution in [3.63, 3.8) is 0 Å². The zero-order valence-electron chi connectivity index (χ0n) is 13.1. The van der Waals surface area contributed by atoms with Crippen molar-refractivity contribution in [1.29, 1.82) is 0 Å². The molecule has 3 nitrogen and oxygen atoms in total. The fraction of sp³-hybridized carbons (Fsp3) is 0.611. The molecule has 3 heteroatoms. The van der Waals surface area contributed by atoms with Crippen LogP contribution in [0.5, 0.6) is 0 Å². The van der Waals surface area contributed by atoms with Gasteiger partial charge in [0.1, 0.15) is 0 Å². The first-order chi connectivity index (χ1) is 10.2. The standard InChI is InChI=1S/C18H26N2O/c1-3-13-8-9-16(12(13)2)20-18(21)17-10-14-6-4-5-7-15(14)11-19-17/h4-7,12-13,16-17,19H,3,8-11H2,1-2H3,(H,20,21)/t12?,13?,16?,17-/m1/s1. The lowest BCUT2D eigenvalue weighted by molar-refractivity contribution is -0.124. The predicted molar refractivity (Wildman–Crippen MR) is 84.9 cm³/mol. The number of rotatable bonds is 3. The lowest BCUT2D eigenvalue weighted by Gasteiger charge is -2.28. The summed E-state index contributed by atoms with van der Waals surface area (Å²) in [4.78, 5) is 12.5. The Bertz CT molecular complexity index is 514. The Hall–Kier alpha value is -1.35. The third kappa shape index (κ3) is 2.98.